The summed E-state index contributed by atoms with van der Waals surface area (Å²) in [6.07, 6.45) is 2.53. The van der Waals surface area contributed by atoms with E-state index in [-0.39, 0.29) is 12.8 Å². The van der Waals surface area contributed by atoms with Gasteiger partial charge in [0.25, 0.3) is 0 Å². The molecule has 2 heterocycles. The molecule has 0 unspecified atom stereocenters. The second-order valence-electron chi connectivity index (χ2n) is 7.34. The number of rotatable bonds is 6. The normalized spacial score (nSPS) is 29.2. The van der Waals surface area contributed by atoms with Crippen LogP contribution >= 0.6 is 0 Å². The van der Waals surface area contributed by atoms with Crippen molar-refractivity contribution in [3.8, 4) is 0 Å². The van der Waals surface area contributed by atoms with Crippen LogP contribution in [0.4, 0.5) is 0 Å². The summed E-state index contributed by atoms with van der Waals surface area (Å²) in [5, 5.41) is 6.00. The van der Waals surface area contributed by atoms with Crippen LogP contribution in [-0.2, 0) is 28.7 Å². The highest BCUT2D eigenvalue weighted by atomic mass is 16.6. The van der Waals surface area contributed by atoms with Crippen LogP contribution in [0.25, 0.3) is 0 Å². The third-order valence-electron chi connectivity index (χ3n) is 5.00. The van der Waals surface area contributed by atoms with E-state index in [1.807, 2.05) is 0 Å². The first-order valence-electron chi connectivity index (χ1n) is 8.93. The van der Waals surface area contributed by atoms with E-state index in [1.54, 1.807) is 13.8 Å². The van der Waals surface area contributed by atoms with Crippen LogP contribution in [0.1, 0.15) is 52.4 Å². The Morgan fingerprint density at radius 1 is 0.962 bits per heavy atom. The highest BCUT2D eigenvalue weighted by molar-refractivity contribution is 5.94. The minimum atomic E-state index is -1.15. The molecule has 0 saturated carbocycles. The van der Waals surface area contributed by atoms with Gasteiger partial charge < -0.3 is 25.8 Å². The molecule has 3 atom stereocenters. The van der Waals surface area contributed by atoms with Crippen molar-refractivity contribution in [1.29, 1.82) is 0 Å². The molecule has 4 N–H and O–H groups in total. The molecule has 0 aromatic rings. The lowest BCUT2D eigenvalue weighted by molar-refractivity contribution is -0.164. The first kappa shape index (κ1) is 20.5. The Morgan fingerprint density at radius 3 is 1.92 bits per heavy atom. The number of hydrogen-bond acceptors (Lipinski definition) is 9. The molecule has 2 aliphatic heterocycles. The van der Waals surface area contributed by atoms with Gasteiger partial charge in [-0.25, -0.2) is 14.4 Å². The van der Waals surface area contributed by atoms with Gasteiger partial charge >= 0.3 is 23.9 Å². The lowest BCUT2D eigenvalue weighted by atomic mass is 10.0. The molecule has 0 aromatic carbocycles. The van der Waals surface area contributed by atoms with Gasteiger partial charge in [-0.05, 0) is 59.0 Å². The van der Waals surface area contributed by atoms with Crippen LogP contribution in [0, 0.1) is 0 Å². The first-order valence-corrected chi connectivity index (χ1v) is 8.93. The van der Waals surface area contributed by atoms with E-state index >= 15 is 0 Å². The van der Waals surface area contributed by atoms with Gasteiger partial charge in [-0.3, -0.25) is 4.79 Å². The Balaban J connectivity index is 1.74. The van der Waals surface area contributed by atoms with Crippen molar-refractivity contribution in [2.24, 2.45) is 5.73 Å². The SMILES string of the molecule is C[C@@]1(C(=O)OC(=O)CC[C@H](N)C(=O)OC(=O)[C@]2(C)CCCN2)CCCN1. The van der Waals surface area contributed by atoms with Gasteiger partial charge in [0.05, 0.1) is 0 Å². The Morgan fingerprint density at radius 2 is 1.46 bits per heavy atom. The number of carbonyl (C=O) groups excluding carboxylic acids is 4. The molecular weight excluding hydrogens is 342 g/mol. The molecule has 0 bridgehead atoms. The minimum absolute atomic E-state index is 0.0769. The van der Waals surface area contributed by atoms with E-state index in [1.165, 1.54) is 0 Å². The molecule has 9 heteroatoms. The van der Waals surface area contributed by atoms with Crippen molar-refractivity contribution in [2.45, 2.75) is 69.5 Å². The van der Waals surface area contributed by atoms with Crippen LogP contribution in [0.15, 0.2) is 0 Å². The molecule has 0 aliphatic carbocycles. The number of nitrogens with one attached hydrogen (secondary N) is 2. The second kappa shape index (κ2) is 8.24. The van der Waals surface area contributed by atoms with Crippen molar-refractivity contribution in [3.05, 3.63) is 0 Å². The molecule has 2 saturated heterocycles. The maximum Gasteiger partial charge on any atom is 0.333 e. The first-order chi connectivity index (χ1) is 12.2. The van der Waals surface area contributed by atoms with Crippen LogP contribution in [0.5, 0.6) is 0 Å². The molecule has 2 aliphatic rings. The van der Waals surface area contributed by atoms with Crippen LogP contribution in [-0.4, -0.2) is 54.1 Å². The van der Waals surface area contributed by atoms with Crippen LogP contribution < -0.4 is 16.4 Å². The van der Waals surface area contributed by atoms with Crippen molar-refractivity contribution in [2.75, 3.05) is 13.1 Å². The molecule has 0 spiro atoms. The summed E-state index contributed by atoms with van der Waals surface area (Å²) in [4.78, 5) is 47.8. The predicted octanol–water partition coefficient (Wildman–Crippen LogP) is -0.482. The monoisotopic (exact) mass is 369 g/mol. The van der Waals surface area contributed by atoms with Crippen molar-refractivity contribution in [3.63, 3.8) is 0 Å². The zero-order valence-electron chi connectivity index (χ0n) is 15.3. The van der Waals surface area contributed by atoms with Crippen molar-refractivity contribution < 1.29 is 28.7 Å². The molecular formula is C17H27N3O6. The van der Waals surface area contributed by atoms with Gasteiger partial charge in [0.1, 0.15) is 17.1 Å². The predicted molar refractivity (Wildman–Crippen MR) is 90.7 cm³/mol. The summed E-state index contributed by atoms with van der Waals surface area (Å²) < 4.78 is 9.64. The number of carbonyl (C=O) groups is 4. The highest BCUT2D eigenvalue weighted by Crippen LogP contribution is 2.21. The summed E-state index contributed by atoms with van der Waals surface area (Å²) >= 11 is 0. The third-order valence-corrected chi connectivity index (χ3v) is 5.00. The van der Waals surface area contributed by atoms with Gasteiger partial charge in [-0.2, -0.15) is 0 Å². The Bertz CT molecular complexity index is 579. The molecule has 2 rings (SSSR count). The average molecular weight is 369 g/mol. The van der Waals surface area contributed by atoms with Gasteiger partial charge in [0.15, 0.2) is 0 Å². The van der Waals surface area contributed by atoms with Crippen molar-refractivity contribution in [1.82, 2.24) is 10.6 Å². The van der Waals surface area contributed by atoms with E-state index in [0.717, 1.165) is 12.8 Å². The van der Waals surface area contributed by atoms with E-state index in [0.29, 0.717) is 25.9 Å². The molecule has 0 aromatic heterocycles. The minimum Gasteiger partial charge on any atom is -0.392 e. The molecule has 0 amide bonds. The van der Waals surface area contributed by atoms with Crippen LogP contribution in [0.2, 0.25) is 0 Å². The summed E-state index contributed by atoms with van der Waals surface area (Å²) in [6.45, 7) is 4.72. The summed E-state index contributed by atoms with van der Waals surface area (Å²) in [5.41, 5.74) is 3.94. The lowest BCUT2D eigenvalue weighted by Crippen LogP contribution is -2.48. The largest absolute Gasteiger partial charge is 0.392 e. The van der Waals surface area contributed by atoms with Gasteiger partial charge in [0.2, 0.25) is 0 Å². The number of ether oxygens (including phenoxy) is 2. The van der Waals surface area contributed by atoms with Crippen molar-refractivity contribution >= 4 is 23.9 Å². The van der Waals surface area contributed by atoms with Gasteiger partial charge in [0, 0.05) is 6.42 Å². The summed E-state index contributed by atoms with van der Waals surface area (Å²) in [7, 11) is 0. The fourth-order valence-electron chi connectivity index (χ4n) is 3.08. The highest BCUT2D eigenvalue weighted by Gasteiger charge is 2.40. The third kappa shape index (κ3) is 4.87. The smallest absolute Gasteiger partial charge is 0.333 e. The van der Waals surface area contributed by atoms with E-state index < -0.39 is 41.0 Å². The topological polar surface area (TPSA) is 137 Å². The van der Waals surface area contributed by atoms with Crippen LogP contribution in [0.3, 0.4) is 0 Å². The zero-order valence-corrected chi connectivity index (χ0v) is 15.3. The summed E-state index contributed by atoms with van der Waals surface area (Å²) in [6, 6.07) is -1.15. The molecule has 2 fully saturated rings. The molecule has 0 radical (unpaired) electrons. The molecule has 146 valence electrons. The Kier molecular flexibility index (Phi) is 6.48. The Labute approximate surface area is 152 Å². The second-order valence-corrected chi connectivity index (χ2v) is 7.34. The maximum absolute atomic E-state index is 12.0. The molecule has 26 heavy (non-hydrogen) atoms. The standard InChI is InChI=1S/C17H27N3O6/c1-16(7-3-9-19-16)14(23)25-12(21)6-5-11(18)13(22)26-15(24)17(2)8-4-10-20-17/h11,19-20H,3-10,18H2,1-2H3/t11-,16-,17-/m0/s1. The number of esters is 4. The fourth-order valence-corrected chi connectivity index (χ4v) is 3.08. The summed E-state index contributed by atoms with van der Waals surface area (Å²) in [5.74, 6) is -2.96. The molecule has 9 nitrogen and oxygen atoms in total. The lowest BCUT2D eigenvalue weighted by Gasteiger charge is -2.22. The fraction of sp³-hybridized carbons (Fsp3) is 0.765. The Hall–Kier alpha value is -1.84. The van der Waals surface area contributed by atoms with Gasteiger partial charge in [-0.15, -0.1) is 0 Å². The van der Waals surface area contributed by atoms with E-state index in [9.17, 15) is 19.2 Å². The number of hydrogen-bond donors (Lipinski definition) is 3. The van der Waals surface area contributed by atoms with Gasteiger partial charge in [-0.1, -0.05) is 0 Å². The van der Waals surface area contributed by atoms with E-state index in [4.69, 9.17) is 15.2 Å². The zero-order chi connectivity index (χ0) is 19.4. The van der Waals surface area contributed by atoms with E-state index in [2.05, 4.69) is 10.6 Å². The average Bonchev–Trinajstić information content (AvgIpc) is 3.23. The number of nitrogens with two attached hydrogens (primary N) is 1. The quantitative estimate of drug-likeness (QED) is 0.418. The maximum atomic E-state index is 12.0.